The number of nitrogens with zero attached hydrogens (tertiary/aromatic N) is 1. The van der Waals surface area contributed by atoms with Gasteiger partial charge in [-0.25, -0.2) is 9.78 Å². The van der Waals surface area contributed by atoms with Gasteiger partial charge in [0, 0.05) is 5.69 Å². The molecule has 1 atom stereocenters. The molecule has 6 heteroatoms. The maximum absolute atomic E-state index is 12.5. The lowest BCUT2D eigenvalue weighted by molar-refractivity contribution is -0.139. The summed E-state index contributed by atoms with van der Waals surface area (Å²) in [7, 11) is 1.41. The van der Waals surface area contributed by atoms with E-state index < -0.39 is 17.9 Å². The molecular formula is C18H20N2O4. The average molecular weight is 328 g/mol. The van der Waals surface area contributed by atoms with Gasteiger partial charge in [-0.1, -0.05) is 18.2 Å². The summed E-state index contributed by atoms with van der Waals surface area (Å²) in [6.07, 6.45) is 0. The highest BCUT2D eigenvalue weighted by Gasteiger charge is 2.25. The molecule has 6 nitrogen and oxygen atoms in total. The lowest BCUT2D eigenvalue weighted by Gasteiger charge is -2.17. The lowest BCUT2D eigenvalue weighted by atomic mass is 10.0. The Labute approximate surface area is 140 Å². The van der Waals surface area contributed by atoms with Gasteiger partial charge in [0.2, 0.25) is 5.88 Å². The summed E-state index contributed by atoms with van der Waals surface area (Å²) < 4.78 is 5.11. The smallest absolute Gasteiger partial charge is 0.330 e. The van der Waals surface area contributed by atoms with Gasteiger partial charge in [-0.2, -0.15) is 0 Å². The van der Waals surface area contributed by atoms with Gasteiger partial charge < -0.3 is 15.2 Å². The molecule has 1 heterocycles. The fraction of sp³-hybridized carbons (Fsp3) is 0.278. The molecule has 0 aliphatic heterocycles. The summed E-state index contributed by atoms with van der Waals surface area (Å²) in [5, 5.41) is 12.0. The summed E-state index contributed by atoms with van der Waals surface area (Å²) in [4.78, 5) is 28.2. The molecule has 0 spiro atoms. The van der Waals surface area contributed by atoms with E-state index in [4.69, 9.17) is 4.74 Å². The number of hydrogen-bond acceptors (Lipinski definition) is 4. The number of ether oxygens (including phenoxy) is 1. The average Bonchev–Trinajstić information content (AvgIpc) is 2.54. The molecule has 0 radical (unpaired) electrons. The Morgan fingerprint density at radius 1 is 1.12 bits per heavy atom. The molecule has 2 N–H and O–H groups in total. The number of aromatic nitrogens is 1. The summed E-state index contributed by atoms with van der Waals surface area (Å²) in [5.74, 6) is -1.52. The van der Waals surface area contributed by atoms with Crippen molar-refractivity contribution >= 4 is 11.9 Å². The van der Waals surface area contributed by atoms with Gasteiger partial charge in [-0.15, -0.1) is 0 Å². The minimum atomic E-state index is -1.15. The Bertz CT molecular complexity index is 787. The van der Waals surface area contributed by atoms with Crippen molar-refractivity contribution in [2.45, 2.75) is 26.8 Å². The molecule has 126 valence electrons. The van der Waals surface area contributed by atoms with Gasteiger partial charge in [0.1, 0.15) is 5.56 Å². The van der Waals surface area contributed by atoms with Crippen molar-refractivity contribution in [2.24, 2.45) is 0 Å². The topological polar surface area (TPSA) is 88.5 Å². The number of hydrogen-bond donors (Lipinski definition) is 2. The van der Waals surface area contributed by atoms with E-state index in [1.807, 2.05) is 19.9 Å². The Balaban J connectivity index is 2.32. The van der Waals surface area contributed by atoms with Crippen LogP contribution in [0.15, 0.2) is 30.3 Å². The molecule has 24 heavy (non-hydrogen) atoms. The number of nitrogens with one attached hydrogen (secondary N) is 1. The number of methoxy groups -OCH3 is 1. The second kappa shape index (κ2) is 7.12. The van der Waals surface area contributed by atoms with Crippen LogP contribution >= 0.6 is 0 Å². The number of amides is 1. The number of carboxylic acids is 1. The quantitative estimate of drug-likeness (QED) is 0.880. The molecule has 0 saturated carbocycles. The van der Waals surface area contributed by atoms with Gasteiger partial charge in [-0.3, -0.25) is 4.79 Å². The Hall–Kier alpha value is -2.89. The molecule has 2 rings (SSSR count). The highest BCUT2D eigenvalue weighted by Crippen LogP contribution is 2.20. The minimum absolute atomic E-state index is 0.164. The highest BCUT2D eigenvalue weighted by atomic mass is 16.5. The van der Waals surface area contributed by atoms with Crippen molar-refractivity contribution in [3.8, 4) is 5.88 Å². The van der Waals surface area contributed by atoms with Crippen LogP contribution in [0.2, 0.25) is 0 Å². The second-order valence-electron chi connectivity index (χ2n) is 5.60. The zero-order valence-corrected chi connectivity index (χ0v) is 14.1. The van der Waals surface area contributed by atoms with E-state index in [0.717, 1.165) is 11.1 Å². The Kier molecular flexibility index (Phi) is 5.18. The lowest BCUT2D eigenvalue weighted by Crippen LogP contribution is -2.34. The molecule has 1 unspecified atom stereocenters. The van der Waals surface area contributed by atoms with Gasteiger partial charge in [0.25, 0.3) is 5.91 Å². The van der Waals surface area contributed by atoms with Gasteiger partial charge >= 0.3 is 5.97 Å². The van der Waals surface area contributed by atoms with E-state index in [1.54, 1.807) is 31.2 Å². The van der Waals surface area contributed by atoms with E-state index in [0.29, 0.717) is 11.3 Å². The number of pyridine rings is 1. The van der Waals surface area contributed by atoms with Crippen LogP contribution in [0, 0.1) is 20.8 Å². The largest absolute Gasteiger partial charge is 0.480 e. The standard InChI is InChI=1S/C18H20N2O4/c1-10-5-7-13(9-11(10)2)15(18(22)23)20-16(21)14-8-6-12(3)19-17(14)24-4/h5-9,15H,1-4H3,(H,20,21)(H,22,23). The number of aryl methyl sites for hydroxylation is 3. The van der Waals surface area contributed by atoms with Crippen molar-refractivity contribution in [3.63, 3.8) is 0 Å². The van der Waals surface area contributed by atoms with Gasteiger partial charge in [-0.05, 0) is 49.6 Å². The Morgan fingerprint density at radius 3 is 2.42 bits per heavy atom. The molecule has 0 aliphatic rings. The van der Waals surface area contributed by atoms with Crippen LogP contribution in [0.25, 0.3) is 0 Å². The molecule has 1 aromatic carbocycles. The second-order valence-corrected chi connectivity index (χ2v) is 5.60. The number of aliphatic carboxylic acids is 1. The third-order valence-electron chi connectivity index (χ3n) is 3.82. The fourth-order valence-corrected chi connectivity index (χ4v) is 2.30. The van der Waals surface area contributed by atoms with Crippen LogP contribution in [-0.2, 0) is 4.79 Å². The van der Waals surface area contributed by atoms with Crippen molar-refractivity contribution in [3.05, 3.63) is 58.3 Å². The SMILES string of the molecule is COc1nc(C)ccc1C(=O)NC(C(=O)O)c1ccc(C)c(C)c1. The summed E-state index contributed by atoms with van der Waals surface area (Å²) in [6.45, 7) is 5.61. The number of carbonyl (C=O) groups excluding carboxylic acids is 1. The van der Waals surface area contributed by atoms with E-state index in [-0.39, 0.29) is 11.4 Å². The van der Waals surface area contributed by atoms with Crippen molar-refractivity contribution in [2.75, 3.05) is 7.11 Å². The van der Waals surface area contributed by atoms with Crippen molar-refractivity contribution in [1.29, 1.82) is 0 Å². The normalized spacial score (nSPS) is 11.7. The number of rotatable bonds is 5. The highest BCUT2D eigenvalue weighted by molar-refractivity contribution is 5.98. The maximum atomic E-state index is 12.5. The first-order valence-corrected chi connectivity index (χ1v) is 7.46. The molecule has 0 fully saturated rings. The first-order chi connectivity index (χ1) is 11.3. The zero-order valence-electron chi connectivity index (χ0n) is 14.1. The number of carboxylic acid groups (broad SMARTS) is 1. The molecular weight excluding hydrogens is 308 g/mol. The van der Waals surface area contributed by atoms with Crippen LogP contribution in [0.1, 0.15) is 38.8 Å². The molecule has 1 aromatic heterocycles. The summed E-state index contributed by atoms with van der Waals surface area (Å²) in [5.41, 5.74) is 3.42. The van der Waals surface area contributed by atoms with Crippen molar-refractivity contribution < 1.29 is 19.4 Å². The van der Waals surface area contributed by atoms with Crippen molar-refractivity contribution in [1.82, 2.24) is 10.3 Å². The molecule has 1 amide bonds. The van der Waals surface area contributed by atoms with Gasteiger partial charge in [0.15, 0.2) is 6.04 Å². The maximum Gasteiger partial charge on any atom is 0.330 e. The summed E-state index contributed by atoms with van der Waals surface area (Å²) in [6, 6.07) is 7.38. The fourth-order valence-electron chi connectivity index (χ4n) is 2.30. The molecule has 2 aromatic rings. The molecule has 0 aliphatic carbocycles. The first-order valence-electron chi connectivity index (χ1n) is 7.46. The number of benzene rings is 1. The first kappa shape index (κ1) is 17.5. The van der Waals surface area contributed by atoms with E-state index in [1.165, 1.54) is 7.11 Å². The van der Waals surface area contributed by atoms with E-state index >= 15 is 0 Å². The van der Waals surface area contributed by atoms with Crippen LogP contribution in [0.5, 0.6) is 5.88 Å². The van der Waals surface area contributed by atoms with E-state index in [9.17, 15) is 14.7 Å². The van der Waals surface area contributed by atoms with Crippen LogP contribution < -0.4 is 10.1 Å². The molecule has 0 bridgehead atoms. The predicted octanol–water partition coefficient (Wildman–Crippen LogP) is 2.57. The molecule has 0 saturated heterocycles. The Morgan fingerprint density at radius 2 is 1.83 bits per heavy atom. The predicted molar refractivity (Wildman–Crippen MR) is 89.3 cm³/mol. The minimum Gasteiger partial charge on any atom is -0.480 e. The third-order valence-corrected chi connectivity index (χ3v) is 3.82. The third kappa shape index (κ3) is 3.71. The van der Waals surface area contributed by atoms with Crippen LogP contribution in [-0.4, -0.2) is 29.1 Å². The van der Waals surface area contributed by atoms with Crippen LogP contribution in [0.3, 0.4) is 0 Å². The summed E-state index contributed by atoms with van der Waals surface area (Å²) >= 11 is 0. The van der Waals surface area contributed by atoms with E-state index in [2.05, 4.69) is 10.3 Å². The monoisotopic (exact) mass is 328 g/mol. The number of carbonyl (C=O) groups is 2. The van der Waals surface area contributed by atoms with Crippen LogP contribution in [0.4, 0.5) is 0 Å². The van der Waals surface area contributed by atoms with Gasteiger partial charge in [0.05, 0.1) is 7.11 Å². The zero-order chi connectivity index (χ0) is 17.9.